The second-order valence-electron chi connectivity index (χ2n) is 5.15. The lowest BCUT2D eigenvalue weighted by Crippen LogP contribution is -2.47. The van der Waals surface area contributed by atoms with E-state index in [1.165, 1.54) is 5.56 Å². The first-order valence-electron chi connectivity index (χ1n) is 6.78. The molecule has 1 atom stereocenters. The maximum absolute atomic E-state index is 12.3. The van der Waals surface area contributed by atoms with E-state index in [9.17, 15) is 4.79 Å². The van der Waals surface area contributed by atoms with Crippen LogP contribution in [0.1, 0.15) is 18.4 Å². The van der Waals surface area contributed by atoms with Gasteiger partial charge in [-0.2, -0.15) is 0 Å². The van der Waals surface area contributed by atoms with Crippen molar-refractivity contribution >= 4 is 17.4 Å². The van der Waals surface area contributed by atoms with Gasteiger partial charge < -0.3 is 15.8 Å². The number of nitrogens with two attached hydrogens (primary N) is 1. The van der Waals surface area contributed by atoms with Crippen molar-refractivity contribution in [2.45, 2.75) is 25.3 Å². The second-order valence-corrected chi connectivity index (χ2v) is 5.15. The minimum Gasteiger partial charge on any atom is -0.399 e. The van der Waals surface area contributed by atoms with Crippen LogP contribution in [0.3, 0.4) is 0 Å². The minimum atomic E-state index is -0.0398. The molecule has 5 heteroatoms. The number of fused-ring (bicyclic) bond motifs is 1. The van der Waals surface area contributed by atoms with E-state index in [2.05, 4.69) is 5.32 Å². The predicted molar refractivity (Wildman–Crippen MR) is 74.3 cm³/mol. The molecule has 1 fully saturated rings. The van der Waals surface area contributed by atoms with Gasteiger partial charge >= 0.3 is 6.03 Å². The van der Waals surface area contributed by atoms with Gasteiger partial charge in [0.1, 0.15) is 0 Å². The molecule has 2 aliphatic rings. The smallest absolute Gasteiger partial charge is 0.322 e. The fourth-order valence-electron chi connectivity index (χ4n) is 2.70. The van der Waals surface area contributed by atoms with E-state index in [1.807, 2.05) is 18.2 Å². The maximum atomic E-state index is 12.3. The Morgan fingerprint density at radius 1 is 1.47 bits per heavy atom. The second kappa shape index (κ2) is 5.09. The van der Waals surface area contributed by atoms with Crippen molar-refractivity contribution in [3.05, 3.63) is 23.8 Å². The fourth-order valence-corrected chi connectivity index (χ4v) is 2.70. The summed E-state index contributed by atoms with van der Waals surface area (Å²) in [5, 5.41) is 3.03. The molecule has 2 heterocycles. The summed E-state index contributed by atoms with van der Waals surface area (Å²) in [7, 11) is 0. The number of carbonyl (C=O) groups excluding carboxylic acids is 1. The van der Waals surface area contributed by atoms with Crippen LogP contribution in [0.15, 0.2) is 18.2 Å². The molecule has 1 saturated heterocycles. The number of nitrogens with zero attached hydrogens (tertiary/aromatic N) is 1. The first-order valence-corrected chi connectivity index (χ1v) is 6.78. The standard InChI is InChI=1S/C14H19N3O2/c15-11-4-3-10-2-1-6-17(13(10)8-11)14(18)16-12-5-7-19-9-12/h3-4,8,12H,1-2,5-7,9,15H2,(H,16,18). The van der Waals surface area contributed by atoms with Gasteiger partial charge in [0.05, 0.1) is 18.3 Å². The van der Waals surface area contributed by atoms with E-state index in [-0.39, 0.29) is 12.1 Å². The molecule has 3 rings (SSSR count). The van der Waals surface area contributed by atoms with Gasteiger partial charge in [0.15, 0.2) is 0 Å². The lowest BCUT2D eigenvalue weighted by molar-refractivity contribution is 0.189. The lowest BCUT2D eigenvalue weighted by Gasteiger charge is -2.30. The Labute approximate surface area is 112 Å². The van der Waals surface area contributed by atoms with Crippen LogP contribution < -0.4 is 16.0 Å². The Balaban J connectivity index is 1.78. The molecule has 2 aliphatic heterocycles. The van der Waals surface area contributed by atoms with Crippen LogP contribution in [-0.4, -0.2) is 31.8 Å². The Bertz CT molecular complexity index is 484. The third-order valence-electron chi connectivity index (χ3n) is 3.73. The van der Waals surface area contributed by atoms with Crippen LogP contribution in [0.2, 0.25) is 0 Å². The molecule has 5 nitrogen and oxygen atoms in total. The molecular weight excluding hydrogens is 242 g/mol. The molecule has 3 N–H and O–H groups in total. The highest BCUT2D eigenvalue weighted by Gasteiger charge is 2.25. The highest BCUT2D eigenvalue weighted by Crippen LogP contribution is 2.29. The summed E-state index contributed by atoms with van der Waals surface area (Å²) in [6.07, 6.45) is 2.89. The molecule has 0 radical (unpaired) electrons. The summed E-state index contributed by atoms with van der Waals surface area (Å²) < 4.78 is 5.28. The molecule has 0 spiro atoms. The zero-order valence-corrected chi connectivity index (χ0v) is 10.9. The summed E-state index contributed by atoms with van der Waals surface area (Å²) >= 11 is 0. The molecule has 102 valence electrons. The summed E-state index contributed by atoms with van der Waals surface area (Å²) in [6, 6.07) is 5.90. The Kier molecular flexibility index (Phi) is 3.29. The topological polar surface area (TPSA) is 67.6 Å². The molecule has 0 bridgehead atoms. The van der Waals surface area contributed by atoms with E-state index in [0.717, 1.165) is 38.1 Å². The molecule has 1 unspecified atom stereocenters. The average molecular weight is 261 g/mol. The molecule has 0 aliphatic carbocycles. The van der Waals surface area contributed by atoms with Crippen LogP contribution in [-0.2, 0) is 11.2 Å². The molecular formula is C14H19N3O2. The Morgan fingerprint density at radius 3 is 3.16 bits per heavy atom. The SMILES string of the molecule is Nc1ccc2c(c1)N(C(=O)NC1CCOC1)CCC2. The van der Waals surface area contributed by atoms with E-state index in [0.29, 0.717) is 12.3 Å². The van der Waals surface area contributed by atoms with Gasteiger partial charge in [0.2, 0.25) is 0 Å². The van der Waals surface area contributed by atoms with Crippen molar-refractivity contribution in [3.63, 3.8) is 0 Å². The van der Waals surface area contributed by atoms with Gasteiger partial charge in [0, 0.05) is 18.8 Å². The number of amides is 2. The van der Waals surface area contributed by atoms with Crippen molar-refractivity contribution in [1.82, 2.24) is 5.32 Å². The zero-order chi connectivity index (χ0) is 13.2. The summed E-state index contributed by atoms with van der Waals surface area (Å²) in [6.45, 7) is 2.09. The third-order valence-corrected chi connectivity index (χ3v) is 3.73. The Morgan fingerprint density at radius 2 is 2.37 bits per heavy atom. The van der Waals surface area contributed by atoms with Crippen LogP contribution in [0.4, 0.5) is 16.2 Å². The van der Waals surface area contributed by atoms with Gasteiger partial charge in [-0.3, -0.25) is 4.90 Å². The molecule has 1 aromatic rings. The fraction of sp³-hybridized carbons (Fsp3) is 0.500. The van der Waals surface area contributed by atoms with Gasteiger partial charge in [-0.1, -0.05) is 6.07 Å². The van der Waals surface area contributed by atoms with E-state index in [1.54, 1.807) is 4.90 Å². The van der Waals surface area contributed by atoms with Crippen molar-refractivity contribution in [3.8, 4) is 0 Å². The highest BCUT2D eigenvalue weighted by atomic mass is 16.5. The van der Waals surface area contributed by atoms with Crippen molar-refractivity contribution in [1.29, 1.82) is 0 Å². The number of urea groups is 1. The number of ether oxygens (including phenoxy) is 1. The van der Waals surface area contributed by atoms with Gasteiger partial charge in [-0.15, -0.1) is 0 Å². The summed E-state index contributed by atoms with van der Waals surface area (Å²) in [5.41, 5.74) is 8.67. The number of benzene rings is 1. The molecule has 2 amide bonds. The quantitative estimate of drug-likeness (QED) is 0.753. The number of anilines is 2. The van der Waals surface area contributed by atoms with E-state index >= 15 is 0 Å². The first-order chi connectivity index (χ1) is 9.24. The molecule has 0 saturated carbocycles. The average Bonchev–Trinajstić information content (AvgIpc) is 2.90. The van der Waals surface area contributed by atoms with Gasteiger partial charge in [-0.25, -0.2) is 4.79 Å². The number of nitrogen functional groups attached to an aromatic ring is 1. The van der Waals surface area contributed by atoms with E-state index < -0.39 is 0 Å². The number of nitrogens with one attached hydrogen (secondary N) is 1. The first kappa shape index (κ1) is 12.3. The maximum Gasteiger partial charge on any atom is 0.322 e. The van der Waals surface area contributed by atoms with Crippen LogP contribution in [0.25, 0.3) is 0 Å². The number of rotatable bonds is 1. The summed E-state index contributed by atoms with van der Waals surface area (Å²) in [4.78, 5) is 14.1. The van der Waals surface area contributed by atoms with E-state index in [4.69, 9.17) is 10.5 Å². The molecule has 19 heavy (non-hydrogen) atoms. The minimum absolute atomic E-state index is 0.0398. The van der Waals surface area contributed by atoms with Crippen molar-refractivity contribution in [2.75, 3.05) is 30.4 Å². The predicted octanol–water partition coefficient (Wildman–Crippen LogP) is 1.52. The van der Waals surface area contributed by atoms with Crippen molar-refractivity contribution in [2.24, 2.45) is 0 Å². The normalized spacial score (nSPS) is 22.1. The zero-order valence-electron chi connectivity index (χ0n) is 10.9. The number of hydrogen-bond acceptors (Lipinski definition) is 3. The Hall–Kier alpha value is -1.75. The largest absolute Gasteiger partial charge is 0.399 e. The van der Waals surface area contributed by atoms with Gasteiger partial charge in [-0.05, 0) is 37.0 Å². The number of hydrogen-bond donors (Lipinski definition) is 2. The number of aryl methyl sites for hydroxylation is 1. The highest BCUT2D eigenvalue weighted by molar-refractivity contribution is 5.94. The molecule has 0 aromatic heterocycles. The third kappa shape index (κ3) is 2.51. The molecule has 1 aromatic carbocycles. The lowest BCUT2D eigenvalue weighted by atomic mass is 10.0. The van der Waals surface area contributed by atoms with Crippen LogP contribution in [0, 0.1) is 0 Å². The monoisotopic (exact) mass is 261 g/mol. The van der Waals surface area contributed by atoms with Crippen LogP contribution >= 0.6 is 0 Å². The van der Waals surface area contributed by atoms with Crippen molar-refractivity contribution < 1.29 is 9.53 Å². The number of carbonyl (C=O) groups is 1. The van der Waals surface area contributed by atoms with Gasteiger partial charge in [0.25, 0.3) is 0 Å². The summed E-state index contributed by atoms with van der Waals surface area (Å²) in [5.74, 6) is 0. The van der Waals surface area contributed by atoms with Crippen LogP contribution in [0.5, 0.6) is 0 Å².